The van der Waals surface area contributed by atoms with Crippen molar-refractivity contribution in [2.24, 2.45) is 5.92 Å². The molecule has 1 saturated carbocycles. The molecule has 34 heavy (non-hydrogen) atoms. The number of carboxylic acids is 1. The third kappa shape index (κ3) is 5.68. The van der Waals surface area contributed by atoms with Gasteiger partial charge in [0.1, 0.15) is 0 Å². The Labute approximate surface area is 210 Å². The van der Waals surface area contributed by atoms with Crippen LogP contribution in [0.15, 0.2) is 36.4 Å². The Balaban J connectivity index is 0.000000868. The van der Waals surface area contributed by atoms with Crippen LogP contribution in [-0.4, -0.2) is 53.7 Å². The number of para-hydroxylation sites is 1. The molecular weight excluding hydrogens is 475 g/mol. The molecule has 2 saturated heterocycles. The molecule has 2 aromatic rings. The van der Waals surface area contributed by atoms with Crippen LogP contribution in [0.2, 0.25) is 10.0 Å². The van der Waals surface area contributed by atoms with Crippen LogP contribution in [0.5, 0.6) is 0 Å². The van der Waals surface area contributed by atoms with Gasteiger partial charge >= 0.3 is 5.97 Å². The number of likely N-dealkylation sites (tertiary alicyclic amines) is 1. The van der Waals surface area contributed by atoms with Crippen LogP contribution < -0.4 is 4.90 Å². The van der Waals surface area contributed by atoms with Crippen LogP contribution in [0.1, 0.15) is 54.2 Å². The maximum Gasteiger partial charge on any atom is 0.306 e. The number of hydrogen-bond donors (Lipinski definition) is 2. The third-order valence-corrected chi connectivity index (χ3v) is 7.73. The van der Waals surface area contributed by atoms with Crippen molar-refractivity contribution in [3.8, 4) is 0 Å². The van der Waals surface area contributed by atoms with Gasteiger partial charge in [-0.1, -0.05) is 47.5 Å². The van der Waals surface area contributed by atoms with Crippen molar-refractivity contribution in [3.63, 3.8) is 0 Å². The second kappa shape index (κ2) is 11.0. The van der Waals surface area contributed by atoms with Gasteiger partial charge in [0, 0.05) is 25.6 Å². The van der Waals surface area contributed by atoms with Crippen LogP contribution in [-0.2, 0) is 16.1 Å². The third-order valence-electron chi connectivity index (χ3n) is 7.12. The summed E-state index contributed by atoms with van der Waals surface area (Å²) in [5.74, 6) is 0.385. The number of halogens is 2. The van der Waals surface area contributed by atoms with Gasteiger partial charge in [-0.3, -0.25) is 14.5 Å². The Bertz CT molecular complexity index is 1010. The number of piperidine rings is 1. The molecule has 0 amide bonds. The smallest absolute Gasteiger partial charge is 0.306 e. The van der Waals surface area contributed by atoms with Crippen LogP contribution in [0.3, 0.4) is 0 Å². The summed E-state index contributed by atoms with van der Waals surface area (Å²) < 4.78 is 0. The van der Waals surface area contributed by atoms with E-state index in [-0.39, 0.29) is 12.4 Å². The Hall–Kier alpha value is -2.28. The van der Waals surface area contributed by atoms with Gasteiger partial charge in [0.05, 0.1) is 21.7 Å². The zero-order valence-corrected chi connectivity index (χ0v) is 20.5. The number of carbonyl (C=O) groups is 2. The molecule has 0 bridgehead atoms. The summed E-state index contributed by atoms with van der Waals surface area (Å²) in [5.41, 5.74) is 5.29. The van der Waals surface area contributed by atoms with Crippen LogP contribution in [0.25, 0.3) is 0 Å². The molecule has 0 unspecified atom stereocenters. The zero-order valence-electron chi connectivity index (χ0n) is 19.0. The molecule has 2 heterocycles. The maximum absolute atomic E-state index is 11.2. The highest BCUT2D eigenvalue weighted by Gasteiger charge is 2.33. The average Bonchev–Trinajstić information content (AvgIpc) is 3.62. The van der Waals surface area contributed by atoms with E-state index in [0.29, 0.717) is 21.9 Å². The summed E-state index contributed by atoms with van der Waals surface area (Å²) in [6, 6.07) is 12.7. The average molecular weight is 505 g/mol. The minimum Gasteiger partial charge on any atom is -0.483 e. The molecule has 2 aliphatic heterocycles. The lowest BCUT2D eigenvalue weighted by molar-refractivity contribution is -0.143. The van der Waals surface area contributed by atoms with E-state index >= 15 is 0 Å². The molecule has 6 nitrogen and oxygen atoms in total. The molecule has 2 aromatic carbocycles. The molecule has 3 aliphatic rings. The van der Waals surface area contributed by atoms with Crippen molar-refractivity contribution in [3.05, 3.63) is 63.1 Å². The first-order valence-corrected chi connectivity index (χ1v) is 12.5. The largest absolute Gasteiger partial charge is 0.483 e. The number of benzene rings is 2. The monoisotopic (exact) mass is 504 g/mol. The number of nitrogens with zero attached hydrogens (tertiary/aromatic N) is 2. The Morgan fingerprint density at radius 1 is 1.00 bits per heavy atom. The number of hydrogen-bond acceptors (Lipinski definition) is 4. The van der Waals surface area contributed by atoms with E-state index in [1.54, 1.807) is 0 Å². The van der Waals surface area contributed by atoms with E-state index in [9.17, 15) is 9.90 Å². The summed E-state index contributed by atoms with van der Waals surface area (Å²) >= 11 is 12.8. The van der Waals surface area contributed by atoms with Crippen molar-refractivity contribution < 1.29 is 19.8 Å². The molecule has 0 radical (unpaired) electrons. The topological polar surface area (TPSA) is 81.1 Å². The second-order valence-electron chi connectivity index (χ2n) is 9.40. The van der Waals surface area contributed by atoms with Gasteiger partial charge in [-0.05, 0) is 73.5 Å². The number of anilines is 1. The molecule has 182 valence electrons. The molecule has 3 fully saturated rings. The molecule has 1 aliphatic carbocycles. The van der Waals surface area contributed by atoms with Gasteiger partial charge in [0.15, 0.2) is 0 Å². The summed E-state index contributed by atoms with van der Waals surface area (Å²) in [7, 11) is 0. The Morgan fingerprint density at radius 3 is 2.18 bits per heavy atom. The molecule has 0 atom stereocenters. The van der Waals surface area contributed by atoms with E-state index < -0.39 is 5.97 Å². The van der Waals surface area contributed by atoms with E-state index in [2.05, 4.69) is 28.0 Å². The van der Waals surface area contributed by atoms with E-state index in [4.69, 9.17) is 33.1 Å². The highest BCUT2D eigenvalue weighted by atomic mass is 35.5. The van der Waals surface area contributed by atoms with E-state index in [0.717, 1.165) is 51.3 Å². The number of rotatable bonds is 6. The molecule has 0 aromatic heterocycles. The summed E-state index contributed by atoms with van der Waals surface area (Å²) in [4.78, 5) is 24.3. The van der Waals surface area contributed by atoms with E-state index in [1.807, 2.05) is 18.2 Å². The predicted octanol–water partition coefficient (Wildman–Crippen LogP) is 5.47. The van der Waals surface area contributed by atoms with Crippen molar-refractivity contribution in [2.45, 2.75) is 44.1 Å². The van der Waals surface area contributed by atoms with Gasteiger partial charge in [0.2, 0.25) is 0 Å². The lowest BCUT2D eigenvalue weighted by Crippen LogP contribution is -2.45. The van der Waals surface area contributed by atoms with E-state index in [1.165, 1.54) is 29.5 Å². The number of carboxylic acid groups (broad SMARTS) is 2. The summed E-state index contributed by atoms with van der Waals surface area (Å²) in [6.45, 7) is 4.31. The van der Waals surface area contributed by atoms with Crippen molar-refractivity contribution in [1.82, 2.24) is 4.90 Å². The molecule has 5 rings (SSSR count). The maximum atomic E-state index is 11.2. The normalized spacial score (nSPS) is 19.2. The quantitative estimate of drug-likeness (QED) is 0.507. The first-order chi connectivity index (χ1) is 16.4. The standard InChI is InChI=1S/C25H28Cl2N2O2.CH2O2/c26-22-2-1-3-23(27)24(22)29-14-20(15-29)18-6-7-19(21(12-18)16-4-5-16)13-28-10-8-17(9-11-28)25(30)31;2-1-3/h1-3,6-7,12,16-17,20H,4-5,8-11,13-15H2,(H,30,31);1H,(H,2,3). The Morgan fingerprint density at radius 2 is 1.62 bits per heavy atom. The van der Waals surface area contributed by atoms with Gasteiger partial charge in [-0.25, -0.2) is 0 Å². The van der Waals surface area contributed by atoms with Gasteiger partial charge < -0.3 is 15.1 Å². The molecule has 8 heteroatoms. The van der Waals surface area contributed by atoms with Gasteiger partial charge in [-0.15, -0.1) is 0 Å². The first-order valence-electron chi connectivity index (χ1n) is 11.8. The highest BCUT2D eigenvalue weighted by molar-refractivity contribution is 6.39. The van der Waals surface area contributed by atoms with Crippen LogP contribution >= 0.6 is 23.2 Å². The zero-order chi connectivity index (χ0) is 24.2. The SMILES string of the molecule is O=C(O)C1CCN(Cc2ccc(C3CN(c4c(Cl)cccc4Cl)C3)cc2C2CC2)CC1.O=CO. The van der Waals surface area contributed by atoms with Crippen molar-refractivity contribution in [1.29, 1.82) is 0 Å². The van der Waals surface area contributed by atoms with Crippen molar-refractivity contribution in [2.75, 3.05) is 31.1 Å². The fraction of sp³-hybridized carbons (Fsp3) is 0.462. The second-order valence-corrected chi connectivity index (χ2v) is 10.2. The van der Waals surface area contributed by atoms with Crippen LogP contribution in [0, 0.1) is 5.92 Å². The van der Waals surface area contributed by atoms with Gasteiger partial charge in [0.25, 0.3) is 6.47 Å². The Kier molecular flexibility index (Phi) is 8.02. The lowest BCUT2D eigenvalue weighted by Gasteiger charge is -2.42. The highest BCUT2D eigenvalue weighted by Crippen LogP contribution is 2.45. The first kappa shape index (κ1) is 24.8. The molecule has 2 N–H and O–H groups in total. The summed E-state index contributed by atoms with van der Waals surface area (Å²) in [6.07, 6.45) is 4.08. The minimum absolute atomic E-state index is 0.172. The van der Waals surface area contributed by atoms with Gasteiger partial charge in [-0.2, -0.15) is 0 Å². The molecular formula is C26H30Cl2N2O4. The summed E-state index contributed by atoms with van der Waals surface area (Å²) in [5, 5.41) is 17.6. The van der Waals surface area contributed by atoms with Crippen LogP contribution in [0.4, 0.5) is 5.69 Å². The van der Waals surface area contributed by atoms with Crippen molar-refractivity contribution >= 4 is 41.3 Å². The fourth-order valence-corrected chi connectivity index (χ4v) is 5.66. The predicted molar refractivity (Wildman–Crippen MR) is 134 cm³/mol. The fourth-order valence-electron chi connectivity index (χ4n) is 5.03. The lowest BCUT2D eigenvalue weighted by atomic mass is 9.87. The molecule has 0 spiro atoms. The minimum atomic E-state index is -0.643. The number of aliphatic carboxylic acids is 1.